The molecular formula is C30H44N2O2S4Si. The summed E-state index contributed by atoms with van der Waals surface area (Å²) in [5.74, 6) is 0. The van der Waals surface area contributed by atoms with Gasteiger partial charge in [0, 0.05) is 12.8 Å². The molecule has 0 fully saturated rings. The van der Waals surface area contributed by atoms with Crippen LogP contribution in [0.1, 0.15) is 47.5 Å². The summed E-state index contributed by atoms with van der Waals surface area (Å²) in [7, 11) is 4.34. The molecule has 0 aliphatic rings. The molecule has 39 heavy (non-hydrogen) atoms. The maximum Gasteiger partial charge on any atom is 0.261 e. The largest absolute Gasteiger partial charge is 0.406 e. The molecule has 2 atom stereocenters. The fourth-order valence-electron chi connectivity index (χ4n) is 4.29. The Morgan fingerprint density at radius 2 is 1.15 bits per heavy atom. The van der Waals surface area contributed by atoms with E-state index < -0.39 is 8.32 Å². The van der Waals surface area contributed by atoms with Crippen LogP contribution in [0, 0.1) is 13.1 Å². The van der Waals surface area contributed by atoms with E-state index in [9.17, 15) is 0 Å². The number of hydrogen-bond donors (Lipinski definition) is 1. The first-order valence-electron chi connectivity index (χ1n) is 12.9. The highest BCUT2D eigenvalue weighted by Gasteiger charge is 2.51. The highest BCUT2D eigenvalue weighted by molar-refractivity contribution is 8.77. The van der Waals surface area contributed by atoms with Crippen molar-refractivity contribution in [2.45, 2.75) is 62.0 Å². The molecule has 0 bridgehead atoms. The van der Waals surface area contributed by atoms with E-state index >= 15 is 0 Å². The lowest BCUT2D eigenvalue weighted by Gasteiger charge is -2.44. The van der Waals surface area contributed by atoms with Crippen LogP contribution in [0.25, 0.3) is 9.69 Å². The summed E-state index contributed by atoms with van der Waals surface area (Å²) < 4.78 is 6.86. The van der Waals surface area contributed by atoms with Crippen LogP contribution in [0.2, 0.25) is 5.04 Å². The average Bonchev–Trinajstić information content (AvgIpc) is 2.92. The van der Waals surface area contributed by atoms with Gasteiger partial charge in [-0.15, -0.1) is 0 Å². The normalized spacial score (nSPS) is 14.6. The monoisotopic (exact) mass is 620 g/mol. The van der Waals surface area contributed by atoms with E-state index in [4.69, 9.17) is 22.7 Å². The molecule has 214 valence electrons. The third-order valence-corrected chi connectivity index (χ3v) is 16.6. The maximum absolute atomic E-state index is 9.01. The van der Waals surface area contributed by atoms with Crippen LogP contribution in [0.15, 0.2) is 60.7 Å². The molecule has 4 nitrogen and oxygen atoms in total. The molecule has 0 aromatic heterocycles. The predicted molar refractivity (Wildman–Crippen MR) is 182 cm³/mol. The third-order valence-electron chi connectivity index (χ3n) is 6.42. The van der Waals surface area contributed by atoms with Crippen LogP contribution < -0.4 is 10.4 Å². The van der Waals surface area contributed by atoms with Gasteiger partial charge in [0.2, 0.25) is 13.1 Å². The molecule has 0 radical (unpaired) electrons. The predicted octanol–water partition coefficient (Wildman–Crippen LogP) is 7.70. The standard InChI is InChI=1S/C23H31NOS2Si.C7H13NOS2/c1-22(2,3)28(20-13-9-7-10-14-20,21-15-11-8-12-16-21)25-19-23(4,27-26-6)17-18-24-5;1-7(6-9,11-10-3)4-5-8-2/h7-16H,17-19H2,1-4,6H3;9H,4-6H2,1,3H3. The number of benzene rings is 2. The van der Waals surface area contributed by atoms with Gasteiger partial charge in [-0.25, -0.2) is 13.1 Å². The molecule has 9 heteroatoms. The third kappa shape index (κ3) is 11.0. The Morgan fingerprint density at radius 3 is 1.51 bits per heavy atom. The molecule has 2 aromatic carbocycles. The molecule has 0 aliphatic heterocycles. The van der Waals surface area contributed by atoms with Crippen LogP contribution in [-0.2, 0) is 4.43 Å². The second-order valence-corrected chi connectivity index (χ2v) is 21.1. The quantitative estimate of drug-likeness (QED) is 0.133. The van der Waals surface area contributed by atoms with Crippen molar-refractivity contribution in [2.75, 3.05) is 38.8 Å². The molecule has 2 rings (SSSR count). The summed E-state index contributed by atoms with van der Waals surface area (Å²) in [4.78, 5) is 6.86. The smallest absolute Gasteiger partial charge is 0.261 e. The second kappa shape index (κ2) is 17.7. The zero-order valence-corrected chi connectivity index (χ0v) is 28.7. The Balaban J connectivity index is 0.000000584. The summed E-state index contributed by atoms with van der Waals surface area (Å²) >= 11 is 0. The molecule has 0 aliphatic carbocycles. The number of hydrogen-bond acceptors (Lipinski definition) is 6. The molecule has 0 saturated heterocycles. The van der Waals surface area contributed by atoms with Crippen molar-refractivity contribution in [1.82, 2.24) is 0 Å². The Hall–Kier alpha value is -1.04. The van der Waals surface area contributed by atoms with E-state index in [1.54, 1.807) is 32.4 Å². The molecule has 1 N–H and O–H groups in total. The lowest BCUT2D eigenvalue weighted by atomic mass is 10.1. The van der Waals surface area contributed by atoms with Gasteiger partial charge in [-0.2, -0.15) is 0 Å². The average molecular weight is 621 g/mol. The molecule has 0 spiro atoms. The lowest BCUT2D eigenvalue weighted by molar-refractivity contribution is 0.253. The van der Waals surface area contributed by atoms with Gasteiger partial charge in [0.25, 0.3) is 8.32 Å². The highest BCUT2D eigenvalue weighted by atomic mass is 33.1. The first-order valence-corrected chi connectivity index (χ1v) is 20.0. The second-order valence-electron chi connectivity index (χ2n) is 10.8. The summed E-state index contributed by atoms with van der Waals surface area (Å²) in [6.45, 7) is 26.8. The Morgan fingerprint density at radius 1 is 0.744 bits per heavy atom. The van der Waals surface area contributed by atoms with Gasteiger partial charge in [0.1, 0.15) is 0 Å². The topological polar surface area (TPSA) is 38.2 Å². The Bertz CT molecular complexity index is 1000. The maximum atomic E-state index is 9.01. The summed E-state index contributed by atoms with van der Waals surface area (Å²) in [6, 6.07) is 21.5. The number of rotatable bonds is 14. The zero-order chi connectivity index (χ0) is 29.4. The molecular weight excluding hydrogens is 577 g/mol. The minimum Gasteiger partial charge on any atom is -0.406 e. The lowest BCUT2D eigenvalue weighted by Crippen LogP contribution is -2.67. The van der Waals surface area contributed by atoms with Gasteiger partial charge in [-0.3, -0.25) is 0 Å². The Kier molecular flexibility index (Phi) is 16.3. The van der Waals surface area contributed by atoms with Crippen LogP contribution >= 0.6 is 43.2 Å². The Labute approximate surface area is 254 Å². The summed E-state index contributed by atoms with van der Waals surface area (Å²) in [5, 5.41) is 11.6. The van der Waals surface area contributed by atoms with Crippen LogP contribution in [0.4, 0.5) is 0 Å². The number of aliphatic hydroxyl groups excluding tert-OH is 1. The zero-order valence-electron chi connectivity index (χ0n) is 24.4. The van der Waals surface area contributed by atoms with E-state index in [1.165, 1.54) is 10.4 Å². The van der Waals surface area contributed by atoms with Crippen LogP contribution in [-0.4, -0.2) is 61.7 Å². The van der Waals surface area contributed by atoms with E-state index in [0.29, 0.717) is 19.7 Å². The number of nitrogens with zero attached hydrogens (tertiary/aromatic N) is 2. The van der Waals surface area contributed by atoms with Gasteiger partial charge >= 0.3 is 0 Å². The van der Waals surface area contributed by atoms with E-state index in [2.05, 4.69) is 104 Å². The first kappa shape index (κ1) is 36.0. The van der Waals surface area contributed by atoms with Crippen molar-refractivity contribution in [3.05, 3.63) is 83.5 Å². The van der Waals surface area contributed by atoms with Gasteiger partial charge in [-0.05, 0) is 41.8 Å². The van der Waals surface area contributed by atoms with E-state index in [0.717, 1.165) is 12.8 Å². The minimum atomic E-state index is -2.53. The highest BCUT2D eigenvalue weighted by Crippen LogP contribution is 2.41. The van der Waals surface area contributed by atoms with Crippen molar-refractivity contribution in [3.63, 3.8) is 0 Å². The van der Waals surface area contributed by atoms with Gasteiger partial charge < -0.3 is 19.2 Å². The molecule has 2 aromatic rings. The van der Waals surface area contributed by atoms with Crippen molar-refractivity contribution >= 4 is 61.9 Å². The fourth-order valence-corrected chi connectivity index (χ4v) is 13.6. The van der Waals surface area contributed by atoms with E-state index in [-0.39, 0.29) is 21.1 Å². The van der Waals surface area contributed by atoms with Gasteiger partial charge in [0.05, 0.1) is 22.7 Å². The van der Waals surface area contributed by atoms with Crippen LogP contribution in [0.3, 0.4) is 0 Å². The molecule has 0 heterocycles. The van der Waals surface area contributed by atoms with Crippen LogP contribution in [0.5, 0.6) is 0 Å². The molecule has 2 unspecified atom stereocenters. The van der Waals surface area contributed by atoms with Crippen molar-refractivity contribution in [3.8, 4) is 0 Å². The minimum absolute atomic E-state index is 0.0273. The van der Waals surface area contributed by atoms with E-state index in [1.807, 2.05) is 24.0 Å². The summed E-state index contributed by atoms with van der Waals surface area (Å²) in [5.41, 5.74) is 0. The fraction of sp³-hybridized carbons (Fsp3) is 0.533. The van der Waals surface area contributed by atoms with Crippen molar-refractivity contribution in [1.29, 1.82) is 0 Å². The SMILES string of the molecule is [C-]#[N+]CCC(C)(CO)SSC.[C-]#[N+]CCC(C)(CO[Si](c1ccccc1)(c1ccccc1)C(C)(C)C)SSC. The van der Waals surface area contributed by atoms with Gasteiger partial charge in [-0.1, -0.05) is 125 Å². The molecule has 0 amide bonds. The summed E-state index contributed by atoms with van der Waals surface area (Å²) in [6.07, 6.45) is 5.68. The van der Waals surface area contributed by atoms with Crippen molar-refractivity contribution < 1.29 is 9.53 Å². The molecule has 0 saturated carbocycles. The van der Waals surface area contributed by atoms with Gasteiger partial charge in [0.15, 0.2) is 0 Å². The number of aliphatic hydroxyl groups is 1. The first-order chi connectivity index (χ1) is 18.5. The van der Waals surface area contributed by atoms with Crippen molar-refractivity contribution in [2.24, 2.45) is 0 Å².